The molecule has 0 saturated heterocycles. The quantitative estimate of drug-likeness (QED) is 0.534. The van der Waals surface area contributed by atoms with E-state index in [-0.39, 0.29) is 5.69 Å². The lowest BCUT2D eigenvalue weighted by Gasteiger charge is -2.08. The van der Waals surface area contributed by atoms with Crippen LogP contribution in [0.2, 0.25) is 0 Å². The summed E-state index contributed by atoms with van der Waals surface area (Å²) in [6, 6.07) is 8.19. The second-order valence-electron chi connectivity index (χ2n) is 5.56. The Morgan fingerprint density at radius 3 is 2.76 bits per heavy atom. The Hall–Kier alpha value is -2.87. The van der Waals surface area contributed by atoms with E-state index in [1.807, 2.05) is 19.9 Å². The number of aryl methyl sites for hydroxylation is 2. The molecule has 1 aromatic carbocycles. The summed E-state index contributed by atoms with van der Waals surface area (Å²) in [6.07, 6.45) is 0.805. The molecule has 0 spiro atoms. The van der Waals surface area contributed by atoms with Crippen LogP contribution in [-0.2, 0) is 6.42 Å². The smallest absolute Gasteiger partial charge is 0.270 e. The first-order valence-electron chi connectivity index (χ1n) is 7.76. The van der Waals surface area contributed by atoms with Crippen LogP contribution in [0.4, 0.5) is 11.5 Å². The number of rotatable bonds is 6. The maximum Gasteiger partial charge on any atom is 0.270 e. The number of nitrogens with zero attached hydrogens (tertiary/aromatic N) is 4. The zero-order chi connectivity index (χ0) is 17.8. The minimum Gasteiger partial charge on any atom is -0.370 e. The molecule has 25 heavy (non-hydrogen) atoms. The van der Waals surface area contributed by atoms with Crippen molar-refractivity contribution in [1.82, 2.24) is 15.0 Å². The van der Waals surface area contributed by atoms with Gasteiger partial charge in [-0.3, -0.25) is 10.1 Å². The van der Waals surface area contributed by atoms with Crippen molar-refractivity contribution >= 4 is 22.8 Å². The third kappa shape index (κ3) is 4.36. The molecule has 0 aliphatic rings. The van der Waals surface area contributed by atoms with Crippen LogP contribution in [0.3, 0.4) is 0 Å². The van der Waals surface area contributed by atoms with Crippen LogP contribution in [0.25, 0.3) is 11.4 Å². The minimum absolute atomic E-state index is 0.0241. The van der Waals surface area contributed by atoms with Gasteiger partial charge in [0.15, 0.2) is 5.82 Å². The number of anilines is 1. The number of aromatic nitrogens is 3. The third-order valence-electron chi connectivity index (χ3n) is 3.52. The number of hydrogen-bond acceptors (Lipinski definition) is 7. The molecular weight excluding hydrogens is 338 g/mol. The molecule has 0 bridgehead atoms. The van der Waals surface area contributed by atoms with E-state index >= 15 is 0 Å². The Balaban J connectivity index is 1.76. The Bertz CT molecular complexity index is 910. The summed E-state index contributed by atoms with van der Waals surface area (Å²) in [4.78, 5) is 23.8. The summed E-state index contributed by atoms with van der Waals surface area (Å²) in [5, 5.41) is 17.3. The van der Waals surface area contributed by atoms with Gasteiger partial charge in [0.1, 0.15) is 5.82 Å². The molecule has 0 aliphatic carbocycles. The lowest BCUT2D eigenvalue weighted by atomic mass is 10.2. The molecule has 0 amide bonds. The fourth-order valence-corrected chi connectivity index (χ4v) is 3.04. The molecule has 0 radical (unpaired) electrons. The van der Waals surface area contributed by atoms with Crippen LogP contribution < -0.4 is 5.32 Å². The average molecular weight is 355 g/mol. The van der Waals surface area contributed by atoms with Gasteiger partial charge in [-0.1, -0.05) is 12.1 Å². The van der Waals surface area contributed by atoms with Gasteiger partial charge in [0, 0.05) is 47.8 Å². The molecule has 128 valence electrons. The molecule has 0 atom stereocenters. The summed E-state index contributed by atoms with van der Waals surface area (Å²) in [7, 11) is 0. The largest absolute Gasteiger partial charge is 0.370 e. The molecule has 0 aliphatic heterocycles. The van der Waals surface area contributed by atoms with E-state index in [2.05, 4.69) is 25.6 Å². The molecule has 3 rings (SSSR count). The highest BCUT2D eigenvalue weighted by Gasteiger charge is 2.10. The fraction of sp³-hybridized carbons (Fsp3) is 0.235. The molecule has 2 heterocycles. The third-order valence-corrected chi connectivity index (χ3v) is 4.35. The van der Waals surface area contributed by atoms with Crippen LogP contribution in [0.15, 0.2) is 35.7 Å². The molecule has 0 unspecified atom stereocenters. The molecule has 2 aromatic heterocycles. The lowest BCUT2D eigenvalue weighted by molar-refractivity contribution is -0.384. The van der Waals surface area contributed by atoms with Gasteiger partial charge in [-0.2, -0.15) is 0 Å². The number of nitro groups is 1. The molecule has 0 saturated carbocycles. The van der Waals surface area contributed by atoms with Crippen LogP contribution in [0.5, 0.6) is 0 Å². The minimum atomic E-state index is -0.422. The molecule has 1 N–H and O–H groups in total. The highest BCUT2D eigenvalue weighted by Crippen LogP contribution is 2.22. The number of nitro benzene ring substituents is 1. The molecular formula is C17H17N5O2S. The van der Waals surface area contributed by atoms with Crippen LogP contribution in [0, 0.1) is 24.0 Å². The number of hydrogen-bond donors (Lipinski definition) is 1. The maximum atomic E-state index is 10.9. The molecule has 0 fully saturated rings. The summed E-state index contributed by atoms with van der Waals surface area (Å²) in [5.41, 5.74) is 2.50. The van der Waals surface area contributed by atoms with E-state index in [0.29, 0.717) is 23.8 Å². The van der Waals surface area contributed by atoms with E-state index in [4.69, 9.17) is 0 Å². The van der Waals surface area contributed by atoms with Crippen molar-refractivity contribution in [1.29, 1.82) is 0 Å². The lowest BCUT2D eigenvalue weighted by Crippen LogP contribution is -2.08. The predicted octanol–water partition coefficient (Wildman–Crippen LogP) is 3.78. The summed E-state index contributed by atoms with van der Waals surface area (Å²) in [5.74, 6) is 1.16. The van der Waals surface area contributed by atoms with Crippen molar-refractivity contribution in [3.63, 3.8) is 0 Å². The number of benzene rings is 1. The fourth-order valence-electron chi connectivity index (χ4n) is 2.39. The van der Waals surface area contributed by atoms with Crippen molar-refractivity contribution in [3.05, 3.63) is 62.2 Å². The van der Waals surface area contributed by atoms with Crippen molar-refractivity contribution in [2.24, 2.45) is 0 Å². The highest BCUT2D eigenvalue weighted by molar-refractivity contribution is 7.09. The van der Waals surface area contributed by atoms with Gasteiger partial charge in [0.05, 0.1) is 15.6 Å². The maximum absolute atomic E-state index is 10.9. The zero-order valence-electron chi connectivity index (χ0n) is 13.9. The van der Waals surface area contributed by atoms with Crippen LogP contribution in [0.1, 0.15) is 16.4 Å². The predicted molar refractivity (Wildman–Crippen MR) is 97.9 cm³/mol. The van der Waals surface area contributed by atoms with E-state index < -0.39 is 4.92 Å². The standard InChI is InChI=1S/C17H17N5O2S/c1-11-8-16(18-7-6-14-10-25-12(2)20-14)21-17(19-11)13-4-3-5-15(9-13)22(23)24/h3-5,8-10H,6-7H2,1-2H3,(H,18,19,21). The zero-order valence-corrected chi connectivity index (χ0v) is 14.7. The van der Waals surface area contributed by atoms with E-state index in [9.17, 15) is 10.1 Å². The first-order valence-corrected chi connectivity index (χ1v) is 8.64. The summed E-state index contributed by atoms with van der Waals surface area (Å²) < 4.78 is 0. The second-order valence-corrected chi connectivity index (χ2v) is 6.62. The second kappa shape index (κ2) is 7.35. The van der Waals surface area contributed by atoms with Gasteiger partial charge in [-0.15, -0.1) is 11.3 Å². The monoisotopic (exact) mass is 355 g/mol. The molecule has 8 heteroatoms. The Kier molecular flexibility index (Phi) is 4.99. The Morgan fingerprint density at radius 1 is 1.20 bits per heavy atom. The van der Waals surface area contributed by atoms with Gasteiger partial charge in [-0.05, 0) is 13.8 Å². The molecule has 3 aromatic rings. The van der Waals surface area contributed by atoms with Gasteiger partial charge in [0.2, 0.25) is 0 Å². The summed E-state index contributed by atoms with van der Waals surface area (Å²) in [6.45, 7) is 4.56. The van der Waals surface area contributed by atoms with Gasteiger partial charge in [-0.25, -0.2) is 15.0 Å². The average Bonchev–Trinajstić information content (AvgIpc) is 3.00. The van der Waals surface area contributed by atoms with Gasteiger partial charge < -0.3 is 5.32 Å². The van der Waals surface area contributed by atoms with E-state index in [1.165, 1.54) is 12.1 Å². The SMILES string of the molecule is Cc1cc(NCCc2csc(C)n2)nc(-c2cccc([N+](=O)[O-])c2)n1. The Morgan fingerprint density at radius 2 is 2.04 bits per heavy atom. The topological polar surface area (TPSA) is 93.8 Å². The number of nitrogens with one attached hydrogen (secondary N) is 1. The van der Waals surface area contributed by atoms with Crippen molar-refractivity contribution in [2.45, 2.75) is 20.3 Å². The van der Waals surface area contributed by atoms with Crippen LogP contribution in [-0.4, -0.2) is 26.4 Å². The van der Waals surface area contributed by atoms with E-state index in [1.54, 1.807) is 23.5 Å². The van der Waals surface area contributed by atoms with E-state index in [0.717, 1.165) is 22.8 Å². The number of thiazole rings is 1. The van der Waals surface area contributed by atoms with Crippen molar-refractivity contribution < 1.29 is 4.92 Å². The van der Waals surface area contributed by atoms with Crippen molar-refractivity contribution in [2.75, 3.05) is 11.9 Å². The van der Waals surface area contributed by atoms with Crippen molar-refractivity contribution in [3.8, 4) is 11.4 Å². The highest BCUT2D eigenvalue weighted by atomic mass is 32.1. The van der Waals surface area contributed by atoms with Gasteiger partial charge >= 0.3 is 0 Å². The first-order chi connectivity index (χ1) is 12.0. The normalized spacial score (nSPS) is 10.6. The number of non-ortho nitro benzene ring substituents is 1. The first kappa shape index (κ1) is 17.0. The summed E-state index contributed by atoms with van der Waals surface area (Å²) >= 11 is 1.64. The molecule has 7 nitrogen and oxygen atoms in total. The van der Waals surface area contributed by atoms with Crippen LogP contribution >= 0.6 is 11.3 Å². The Labute approximate surface area is 149 Å². The van der Waals surface area contributed by atoms with Gasteiger partial charge in [0.25, 0.3) is 5.69 Å².